The van der Waals surface area contributed by atoms with Crippen molar-refractivity contribution in [1.29, 1.82) is 0 Å². The van der Waals surface area contributed by atoms with Gasteiger partial charge in [0.15, 0.2) is 0 Å². The zero-order valence-electron chi connectivity index (χ0n) is 9.17. The highest BCUT2D eigenvalue weighted by atomic mass is 35.5. The molecule has 0 aliphatic carbocycles. The largest absolute Gasteiger partial charge is 0.435 e. The predicted molar refractivity (Wildman–Crippen MR) is 58.1 cm³/mol. The number of benzene rings is 1. The Morgan fingerprint density at radius 3 is 2.17 bits per heavy atom. The Labute approximate surface area is 107 Å². The van der Waals surface area contributed by atoms with Gasteiger partial charge in [0.2, 0.25) is 0 Å². The first-order valence-electron chi connectivity index (χ1n) is 4.65. The van der Waals surface area contributed by atoms with Crippen LogP contribution in [-0.2, 0) is 0 Å². The summed E-state index contributed by atoms with van der Waals surface area (Å²) in [6.45, 7) is -3.09. The highest BCUT2D eigenvalue weighted by molar-refractivity contribution is 5.85. The maximum atomic E-state index is 13.4. The van der Waals surface area contributed by atoms with E-state index in [0.717, 1.165) is 12.1 Å². The van der Waals surface area contributed by atoms with E-state index in [2.05, 4.69) is 10.1 Å². The fraction of sp³-hybridized carbons (Fsp3) is 0.400. The molecular formula is C10H11ClF5NO. The van der Waals surface area contributed by atoms with Crippen LogP contribution in [0.15, 0.2) is 18.2 Å². The van der Waals surface area contributed by atoms with Crippen LogP contribution in [-0.4, -0.2) is 20.1 Å². The average molecular weight is 292 g/mol. The second kappa shape index (κ2) is 7.38. The molecule has 1 atom stereocenters. The summed E-state index contributed by atoms with van der Waals surface area (Å²) >= 11 is 0. The van der Waals surface area contributed by atoms with Crippen LogP contribution in [0.25, 0.3) is 0 Å². The summed E-state index contributed by atoms with van der Waals surface area (Å²) in [5.74, 6) is -1.44. The third-order valence-electron chi connectivity index (χ3n) is 2.10. The zero-order valence-corrected chi connectivity index (χ0v) is 9.99. The molecule has 0 spiro atoms. The summed E-state index contributed by atoms with van der Waals surface area (Å²) < 4.78 is 66.0. The molecule has 0 aliphatic heterocycles. The van der Waals surface area contributed by atoms with E-state index >= 15 is 0 Å². The lowest BCUT2D eigenvalue weighted by Crippen LogP contribution is -2.24. The lowest BCUT2D eigenvalue weighted by atomic mass is 10.1. The summed E-state index contributed by atoms with van der Waals surface area (Å²) in [6.07, 6.45) is -2.81. The first kappa shape index (κ1) is 16.9. The van der Waals surface area contributed by atoms with Gasteiger partial charge in [-0.2, -0.15) is 8.78 Å². The smallest absolute Gasteiger partial charge is 0.387 e. The molecule has 2 nitrogen and oxygen atoms in total. The molecule has 0 bridgehead atoms. The molecule has 0 aliphatic rings. The number of alkyl halides is 4. The van der Waals surface area contributed by atoms with E-state index in [1.165, 1.54) is 7.05 Å². The van der Waals surface area contributed by atoms with Crippen molar-refractivity contribution in [1.82, 2.24) is 5.32 Å². The van der Waals surface area contributed by atoms with Gasteiger partial charge in [0.05, 0.1) is 6.04 Å². The molecule has 1 aromatic rings. The van der Waals surface area contributed by atoms with Crippen LogP contribution in [0.2, 0.25) is 0 Å². The van der Waals surface area contributed by atoms with Crippen LogP contribution in [0.3, 0.4) is 0 Å². The molecule has 0 fully saturated rings. The Kier molecular flexibility index (Phi) is 6.93. The number of rotatable bonds is 5. The molecule has 8 heteroatoms. The van der Waals surface area contributed by atoms with Gasteiger partial charge >= 0.3 is 6.61 Å². The quantitative estimate of drug-likeness (QED) is 0.840. The van der Waals surface area contributed by atoms with Gasteiger partial charge in [0.25, 0.3) is 6.43 Å². The van der Waals surface area contributed by atoms with Crippen molar-refractivity contribution in [2.45, 2.75) is 19.1 Å². The van der Waals surface area contributed by atoms with Gasteiger partial charge in [-0.1, -0.05) is 6.07 Å². The van der Waals surface area contributed by atoms with Crippen LogP contribution >= 0.6 is 12.4 Å². The Bertz CT molecular complexity index is 377. The fourth-order valence-electron chi connectivity index (χ4n) is 1.35. The molecule has 18 heavy (non-hydrogen) atoms. The molecule has 0 heterocycles. The third kappa shape index (κ3) is 4.30. The van der Waals surface area contributed by atoms with E-state index in [1.807, 2.05) is 0 Å². The molecule has 1 rings (SSSR count). The van der Waals surface area contributed by atoms with Gasteiger partial charge < -0.3 is 10.1 Å². The normalized spacial score (nSPS) is 12.4. The number of nitrogens with one attached hydrogen (secondary N) is 1. The van der Waals surface area contributed by atoms with Gasteiger partial charge in [-0.3, -0.25) is 0 Å². The SMILES string of the molecule is CN[C@@H](c1ccc(OC(F)F)cc1F)C(F)F.Cl. The monoisotopic (exact) mass is 291 g/mol. The maximum absolute atomic E-state index is 13.4. The van der Waals surface area contributed by atoms with Crippen molar-refractivity contribution in [3.63, 3.8) is 0 Å². The van der Waals surface area contributed by atoms with E-state index < -0.39 is 30.6 Å². The van der Waals surface area contributed by atoms with Crippen molar-refractivity contribution >= 4 is 12.4 Å². The average Bonchev–Trinajstić information content (AvgIpc) is 2.20. The van der Waals surface area contributed by atoms with Crippen LogP contribution < -0.4 is 10.1 Å². The number of halogens is 6. The van der Waals surface area contributed by atoms with E-state index in [4.69, 9.17) is 0 Å². The van der Waals surface area contributed by atoms with E-state index in [1.54, 1.807) is 0 Å². The molecule has 0 saturated carbocycles. The van der Waals surface area contributed by atoms with Crippen molar-refractivity contribution in [2.24, 2.45) is 0 Å². The first-order valence-corrected chi connectivity index (χ1v) is 4.65. The van der Waals surface area contributed by atoms with Crippen LogP contribution in [0, 0.1) is 5.82 Å². The standard InChI is InChI=1S/C10H10F5NO.ClH/c1-16-8(9(12)13)6-3-2-5(4-7(6)11)17-10(14)15;/h2-4,8-10,16H,1H3;1H/t8-;/m0./s1. The first-order chi connectivity index (χ1) is 7.95. The van der Waals surface area contributed by atoms with Gasteiger partial charge in [-0.25, -0.2) is 13.2 Å². The highest BCUT2D eigenvalue weighted by Gasteiger charge is 2.23. The lowest BCUT2D eigenvalue weighted by Gasteiger charge is -2.16. The van der Waals surface area contributed by atoms with Crippen molar-refractivity contribution in [2.75, 3.05) is 7.05 Å². The minimum atomic E-state index is -3.09. The molecular weight excluding hydrogens is 281 g/mol. The fourth-order valence-corrected chi connectivity index (χ4v) is 1.35. The Morgan fingerprint density at radius 2 is 1.78 bits per heavy atom. The van der Waals surface area contributed by atoms with E-state index in [9.17, 15) is 22.0 Å². The summed E-state index contributed by atoms with van der Waals surface area (Å²) in [5, 5.41) is 2.24. The molecule has 0 unspecified atom stereocenters. The highest BCUT2D eigenvalue weighted by Crippen LogP contribution is 2.26. The molecule has 0 amide bonds. The van der Waals surface area contributed by atoms with Crippen molar-refractivity contribution in [3.05, 3.63) is 29.6 Å². The number of hydrogen-bond donors (Lipinski definition) is 1. The van der Waals surface area contributed by atoms with Gasteiger partial charge in [0, 0.05) is 11.6 Å². The Balaban J connectivity index is 0.00000289. The summed E-state index contributed by atoms with van der Waals surface area (Å²) in [4.78, 5) is 0. The zero-order chi connectivity index (χ0) is 13.0. The van der Waals surface area contributed by atoms with Crippen LogP contribution in [0.4, 0.5) is 22.0 Å². The molecule has 1 aromatic carbocycles. The second-order valence-corrected chi connectivity index (χ2v) is 3.16. The summed E-state index contributed by atoms with van der Waals surface area (Å²) in [7, 11) is 1.25. The van der Waals surface area contributed by atoms with Gasteiger partial charge in [-0.15, -0.1) is 12.4 Å². The van der Waals surface area contributed by atoms with Crippen LogP contribution in [0.1, 0.15) is 11.6 Å². The van der Waals surface area contributed by atoms with Crippen molar-refractivity contribution < 1.29 is 26.7 Å². The Hall–Kier alpha value is -1.08. The summed E-state index contributed by atoms with van der Waals surface area (Å²) in [6, 6.07) is 1.15. The molecule has 104 valence electrons. The minimum Gasteiger partial charge on any atom is -0.435 e. The minimum absolute atomic E-state index is 0. The third-order valence-corrected chi connectivity index (χ3v) is 2.10. The molecule has 0 radical (unpaired) electrons. The predicted octanol–water partition coefficient (Wildman–Crippen LogP) is 3.37. The molecule has 0 saturated heterocycles. The van der Waals surface area contributed by atoms with E-state index in [-0.39, 0.29) is 18.0 Å². The maximum Gasteiger partial charge on any atom is 0.387 e. The lowest BCUT2D eigenvalue weighted by molar-refractivity contribution is -0.0500. The topological polar surface area (TPSA) is 21.3 Å². The van der Waals surface area contributed by atoms with Gasteiger partial charge in [-0.05, 0) is 13.1 Å². The number of hydrogen-bond acceptors (Lipinski definition) is 2. The van der Waals surface area contributed by atoms with Gasteiger partial charge in [0.1, 0.15) is 11.6 Å². The van der Waals surface area contributed by atoms with Crippen molar-refractivity contribution in [3.8, 4) is 5.75 Å². The van der Waals surface area contributed by atoms with E-state index in [0.29, 0.717) is 6.07 Å². The number of ether oxygens (including phenoxy) is 1. The molecule has 1 N–H and O–H groups in total. The molecule has 0 aromatic heterocycles. The summed E-state index contributed by atoms with van der Waals surface area (Å²) in [5.41, 5.74) is -0.302. The second-order valence-electron chi connectivity index (χ2n) is 3.16. The van der Waals surface area contributed by atoms with Crippen LogP contribution in [0.5, 0.6) is 5.75 Å². The Morgan fingerprint density at radius 1 is 1.17 bits per heavy atom.